The smallest absolute Gasteiger partial charge is 0.307 e. The maximum Gasteiger partial charge on any atom is 0.307 e. The predicted octanol–water partition coefficient (Wildman–Crippen LogP) is 4.92. The Kier molecular flexibility index (Phi) is 7.03. The van der Waals surface area contributed by atoms with E-state index < -0.39 is 18.0 Å². The van der Waals surface area contributed by atoms with Crippen LogP contribution in [0.2, 0.25) is 0 Å². The van der Waals surface area contributed by atoms with E-state index in [4.69, 9.17) is 9.47 Å². The number of amides is 1. The minimum Gasteiger partial charge on any atom is -0.495 e. The van der Waals surface area contributed by atoms with Gasteiger partial charge in [0.25, 0.3) is 5.91 Å². The molecule has 1 aromatic heterocycles. The van der Waals surface area contributed by atoms with E-state index in [0.717, 1.165) is 11.1 Å². The van der Waals surface area contributed by atoms with Crippen LogP contribution in [0.25, 0.3) is 0 Å². The quantitative estimate of drug-likeness (QED) is 0.536. The third-order valence-electron chi connectivity index (χ3n) is 4.40. The molecule has 1 atom stereocenters. The van der Waals surface area contributed by atoms with Crippen molar-refractivity contribution < 1.29 is 19.1 Å². The number of benzene rings is 2. The number of aryl methyl sites for hydroxylation is 2. The Morgan fingerprint density at radius 1 is 1.10 bits per heavy atom. The molecule has 150 valence electrons. The van der Waals surface area contributed by atoms with Gasteiger partial charge < -0.3 is 14.8 Å². The monoisotopic (exact) mass is 409 g/mol. The van der Waals surface area contributed by atoms with Crippen LogP contribution in [0, 0.1) is 6.92 Å². The van der Waals surface area contributed by atoms with Crippen molar-refractivity contribution in [3.8, 4) is 5.75 Å². The summed E-state index contributed by atoms with van der Waals surface area (Å²) in [4.78, 5) is 25.5. The predicted molar refractivity (Wildman–Crippen MR) is 114 cm³/mol. The van der Waals surface area contributed by atoms with Crippen molar-refractivity contribution >= 4 is 28.9 Å². The van der Waals surface area contributed by atoms with Crippen molar-refractivity contribution in [3.05, 3.63) is 82.0 Å². The van der Waals surface area contributed by atoms with Gasteiger partial charge in [0, 0.05) is 12.0 Å². The number of anilines is 1. The van der Waals surface area contributed by atoms with E-state index in [2.05, 4.69) is 5.32 Å². The molecule has 3 aromatic rings. The first-order valence-electron chi connectivity index (χ1n) is 9.28. The standard InChI is InChI=1S/C23H23NO4S/c1-16-8-10-20(27-2)19(14-16)24-23(26)22(18-6-4-3-5-7-18)28-21(25)11-9-17-12-13-29-15-17/h3-8,10,12-15,22H,9,11H2,1-2H3,(H,24,26)/t22-/m1/s1. The van der Waals surface area contributed by atoms with Gasteiger partial charge in [0.1, 0.15) is 5.75 Å². The van der Waals surface area contributed by atoms with E-state index in [0.29, 0.717) is 23.4 Å². The van der Waals surface area contributed by atoms with Gasteiger partial charge in [0.05, 0.1) is 12.8 Å². The molecule has 5 nitrogen and oxygen atoms in total. The second-order valence-corrected chi connectivity index (χ2v) is 7.39. The molecule has 0 radical (unpaired) electrons. The summed E-state index contributed by atoms with van der Waals surface area (Å²) in [5.74, 6) is -0.306. The van der Waals surface area contributed by atoms with E-state index in [1.165, 1.54) is 0 Å². The Balaban J connectivity index is 1.75. The number of ether oxygens (including phenoxy) is 2. The second kappa shape index (κ2) is 9.89. The summed E-state index contributed by atoms with van der Waals surface area (Å²) in [5.41, 5.74) is 3.20. The first-order chi connectivity index (χ1) is 14.1. The minimum atomic E-state index is -1.05. The van der Waals surface area contributed by atoms with E-state index in [-0.39, 0.29) is 6.42 Å². The average Bonchev–Trinajstić information content (AvgIpc) is 3.25. The van der Waals surface area contributed by atoms with Crippen molar-refractivity contribution in [3.63, 3.8) is 0 Å². The number of rotatable bonds is 8. The zero-order chi connectivity index (χ0) is 20.6. The fourth-order valence-corrected chi connectivity index (χ4v) is 3.59. The lowest BCUT2D eigenvalue weighted by Gasteiger charge is -2.19. The highest BCUT2D eigenvalue weighted by atomic mass is 32.1. The fraction of sp³-hybridized carbons (Fsp3) is 0.217. The Hall–Kier alpha value is -3.12. The zero-order valence-electron chi connectivity index (χ0n) is 16.4. The number of carbonyl (C=O) groups is 2. The molecule has 0 saturated heterocycles. The molecule has 0 aliphatic rings. The molecule has 0 aliphatic carbocycles. The van der Waals surface area contributed by atoms with Gasteiger partial charge in [-0.05, 0) is 53.4 Å². The topological polar surface area (TPSA) is 64.6 Å². The molecule has 1 heterocycles. The fourth-order valence-electron chi connectivity index (χ4n) is 2.89. The molecule has 2 aromatic carbocycles. The molecule has 0 spiro atoms. The summed E-state index contributed by atoms with van der Waals surface area (Å²) in [5, 5.41) is 6.80. The van der Waals surface area contributed by atoms with Gasteiger partial charge in [0.2, 0.25) is 6.10 Å². The van der Waals surface area contributed by atoms with Gasteiger partial charge in [-0.1, -0.05) is 36.4 Å². The zero-order valence-corrected chi connectivity index (χ0v) is 17.2. The largest absolute Gasteiger partial charge is 0.495 e. The molecule has 1 N–H and O–H groups in total. The molecule has 0 saturated carbocycles. The number of thiophene rings is 1. The number of hydrogen-bond donors (Lipinski definition) is 1. The lowest BCUT2D eigenvalue weighted by molar-refractivity contribution is -0.154. The summed E-state index contributed by atoms with van der Waals surface area (Å²) in [6.45, 7) is 1.92. The van der Waals surface area contributed by atoms with Crippen LogP contribution in [-0.2, 0) is 20.7 Å². The molecule has 6 heteroatoms. The van der Waals surface area contributed by atoms with Crippen LogP contribution in [0.4, 0.5) is 5.69 Å². The van der Waals surface area contributed by atoms with Gasteiger partial charge in [0.15, 0.2) is 0 Å². The van der Waals surface area contributed by atoms with Crippen molar-refractivity contribution in [2.75, 3.05) is 12.4 Å². The van der Waals surface area contributed by atoms with Crippen LogP contribution in [0.15, 0.2) is 65.4 Å². The molecule has 3 rings (SSSR count). The molecule has 29 heavy (non-hydrogen) atoms. The lowest BCUT2D eigenvalue weighted by atomic mass is 10.1. The van der Waals surface area contributed by atoms with Crippen molar-refractivity contribution in [1.29, 1.82) is 0 Å². The van der Waals surface area contributed by atoms with Crippen LogP contribution in [0.3, 0.4) is 0 Å². The minimum absolute atomic E-state index is 0.209. The van der Waals surface area contributed by atoms with Gasteiger partial charge in [-0.2, -0.15) is 11.3 Å². The van der Waals surface area contributed by atoms with Gasteiger partial charge in [-0.15, -0.1) is 0 Å². The molecule has 0 bridgehead atoms. The number of carbonyl (C=O) groups excluding carboxylic acids is 2. The number of hydrogen-bond acceptors (Lipinski definition) is 5. The molecular formula is C23H23NO4S. The van der Waals surface area contributed by atoms with Crippen LogP contribution in [0.5, 0.6) is 5.75 Å². The van der Waals surface area contributed by atoms with Crippen LogP contribution >= 0.6 is 11.3 Å². The SMILES string of the molecule is COc1ccc(C)cc1NC(=O)[C@H](OC(=O)CCc1ccsc1)c1ccccc1. The number of esters is 1. The molecule has 0 fully saturated rings. The Labute approximate surface area is 174 Å². The highest BCUT2D eigenvalue weighted by molar-refractivity contribution is 7.07. The maximum absolute atomic E-state index is 13.0. The molecule has 1 amide bonds. The van der Waals surface area contributed by atoms with E-state index in [1.807, 2.05) is 54.1 Å². The highest BCUT2D eigenvalue weighted by Gasteiger charge is 2.26. The summed E-state index contributed by atoms with van der Waals surface area (Å²) >= 11 is 1.58. The molecule has 0 aliphatic heterocycles. The van der Waals surface area contributed by atoms with E-state index >= 15 is 0 Å². The van der Waals surface area contributed by atoms with Crippen molar-refractivity contribution in [1.82, 2.24) is 0 Å². The molecule has 0 unspecified atom stereocenters. The van der Waals surface area contributed by atoms with Gasteiger partial charge in [-0.3, -0.25) is 9.59 Å². The van der Waals surface area contributed by atoms with Crippen LogP contribution in [-0.4, -0.2) is 19.0 Å². The van der Waals surface area contributed by atoms with Gasteiger partial charge >= 0.3 is 5.97 Å². The Morgan fingerprint density at radius 2 is 1.90 bits per heavy atom. The lowest BCUT2D eigenvalue weighted by Crippen LogP contribution is -2.26. The highest BCUT2D eigenvalue weighted by Crippen LogP contribution is 2.28. The third kappa shape index (κ3) is 5.68. The Morgan fingerprint density at radius 3 is 2.59 bits per heavy atom. The summed E-state index contributed by atoms with van der Waals surface area (Å²) in [7, 11) is 1.54. The van der Waals surface area contributed by atoms with Crippen LogP contribution in [0.1, 0.15) is 29.2 Å². The van der Waals surface area contributed by atoms with Crippen molar-refractivity contribution in [2.45, 2.75) is 25.9 Å². The third-order valence-corrected chi connectivity index (χ3v) is 5.13. The van der Waals surface area contributed by atoms with E-state index in [9.17, 15) is 9.59 Å². The average molecular weight is 410 g/mol. The summed E-state index contributed by atoms with van der Waals surface area (Å²) in [6.07, 6.45) is -0.255. The number of methoxy groups -OCH3 is 1. The van der Waals surface area contributed by atoms with Crippen LogP contribution < -0.4 is 10.1 Å². The Bertz CT molecular complexity index is 954. The maximum atomic E-state index is 13.0. The van der Waals surface area contributed by atoms with Crippen molar-refractivity contribution in [2.24, 2.45) is 0 Å². The normalized spacial score (nSPS) is 11.5. The van der Waals surface area contributed by atoms with Gasteiger partial charge in [-0.25, -0.2) is 0 Å². The number of nitrogens with one attached hydrogen (secondary N) is 1. The first kappa shape index (κ1) is 20.6. The van der Waals surface area contributed by atoms with E-state index in [1.54, 1.807) is 36.6 Å². The second-order valence-electron chi connectivity index (χ2n) is 6.61. The summed E-state index contributed by atoms with van der Waals surface area (Å²) < 4.78 is 10.9. The summed E-state index contributed by atoms with van der Waals surface area (Å²) in [6, 6.07) is 16.5. The first-order valence-corrected chi connectivity index (χ1v) is 10.2. The molecular weight excluding hydrogens is 386 g/mol.